The Morgan fingerprint density at radius 2 is 1.51 bits per heavy atom. The van der Waals surface area contributed by atoms with Crippen LogP contribution in [0.1, 0.15) is 12.5 Å². The van der Waals surface area contributed by atoms with Gasteiger partial charge in [0.05, 0.1) is 21.8 Å². The Morgan fingerprint density at radius 1 is 0.886 bits per heavy atom. The van der Waals surface area contributed by atoms with Gasteiger partial charge >= 0.3 is 0 Å². The van der Waals surface area contributed by atoms with E-state index in [0.717, 1.165) is 25.3 Å². The minimum absolute atomic E-state index is 0.0800. The number of carbonyl (C=O) groups is 1. The summed E-state index contributed by atoms with van der Waals surface area (Å²) < 4.78 is 1.62. The lowest BCUT2D eigenvalue weighted by atomic mass is 10.2. The normalized spacial score (nSPS) is 15.3. The number of nitrogens with zero attached hydrogens (tertiary/aromatic N) is 4. The van der Waals surface area contributed by atoms with Crippen LogP contribution in [0.25, 0.3) is 16.6 Å². The number of aromatic nitrogens is 2. The number of para-hydroxylation sites is 2. The van der Waals surface area contributed by atoms with Gasteiger partial charge in [0.2, 0.25) is 5.91 Å². The molecule has 1 aliphatic heterocycles. The second kappa shape index (κ2) is 10.5. The molecule has 7 heteroatoms. The van der Waals surface area contributed by atoms with Crippen LogP contribution in [-0.2, 0) is 11.3 Å². The van der Waals surface area contributed by atoms with Crippen LogP contribution < -0.4 is 5.56 Å². The van der Waals surface area contributed by atoms with E-state index >= 15 is 0 Å². The largest absolute Gasteiger partial charge is 0.339 e. The van der Waals surface area contributed by atoms with Crippen LogP contribution in [0.4, 0.5) is 0 Å². The van der Waals surface area contributed by atoms with Crippen LogP contribution >= 0.6 is 11.8 Å². The molecular formula is C28H28N4O2S. The van der Waals surface area contributed by atoms with E-state index in [1.807, 2.05) is 66.4 Å². The van der Waals surface area contributed by atoms with E-state index in [1.165, 1.54) is 17.3 Å². The third-order valence-corrected chi connectivity index (χ3v) is 7.36. The van der Waals surface area contributed by atoms with Crippen molar-refractivity contribution < 1.29 is 4.79 Å². The van der Waals surface area contributed by atoms with Crippen LogP contribution in [0.3, 0.4) is 0 Å². The van der Waals surface area contributed by atoms with Crippen LogP contribution in [0, 0.1) is 0 Å². The van der Waals surface area contributed by atoms with E-state index in [9.17, 15) is 9.59 Å². The Hall–Kier alpha value is -3.42. The summed E-state index contributed by atoms with van der Waals surface area (Å²) in [6.45, 7) is 5.90. The average molecular weight is 485 g/mol. The summed E-state index contributed by atoms with van der Waals surface area (Å²) >= 11 is 1.35. The lowest BCUT2D eigenvalue weighted by Crippen LogP contribution is -2.50. The number of fused-ring (bicyclic) bond motifs is 1. The number of hydrogen-bond acceptors (Lipinski definition) is 5. The van der Waals surface area contributed by atoms with Gasteiger partial charge in [-0.3, -0.25) is 19.1 Å². The standard InChI is InChI=1S/C28H28N4O2S/c1-21(26(33)31-18-16-30(17-19-31)20-22-10-4-2-5-11-22)35-28-29-25-15-9-8-14-24(25)27(34)32(28)23-12-6-3-7-13-23/h2-15,21H,16-20H2,1H3. The number of carbonyl (C=O) groups excluding carboxylic acids is 1. The Bertz CT molecular complexity index is 1370. The zero-order valence-electron chi connectivity index (χ0n) is 19.7. The number of amides is 1. The summed E-state index contributed by atoms with van der Waals surface area (Å²) in [4.78, 5) is 35.8. The highest BCUT2D eigenvalue weighted by atomic mass is 32.2. The quantitative estimate of drug-likeness (QED) is 0.303. The third-order valence-electron chi connectivity index (χ3n) is 6.32. The molecule has 0 spiro atoms. The summed E-state index contributed by atoms with van der Waals surface area (Å²) in [6.07, 6.45) is 0. The highest BCUT2D eigenvalue weighted by Gasteiger charge is 2.27. The van der Waals surface area contributed by atoms with Crippen molar-refractivity contribution in [2.75, 3.05) is 26.2 Å². The molecule has 0 bridgehead atoms. The maximum atomic E-state index is 13.4. The van der Waals surface area contributed by atoms with Gasteiger partial charge in [-0.05, 0) is 36.8 Å². The molecule has 1 atom stereocenters. The molecule has 1 unspecified atom stereocenters. The number of benzene rings is 3. The lowest BCUT2D eigenvalue weighted by Gasteiger charge is -2.35. The molecule has 178 valence electrons. The predicted molar refractivity (Wildman–Crippen MR) is 141 cm³/mol. The van der Waals surface area contributed by atoms with Gasteiger partial charge in [-0.15, -0.1) is 0 Å². The third kappa shape index (κ3) is 5.16. The van der Waals surface area contributed by atoms with E-state index in [4.69, 9.17) is 4.98 Å². The Kier molecular flexibility index (Phi) is 6.97. The highest BCUT2D eigenvalue weighted by molar-refractivity contribution is 8.00. The van der Waals surface area contributed by atoms with Crippen LogP contribution in [-0.4, -0.2) is 56.7 Å². The first-order valence-electron chi connectivity index (χ1n) is 11.9. The van der Waals surface area contributed by atoms with Crippen molar-refractivity contribution in [2.24, 2.45) is 0 Å². The summed E-state index contributed by atoms with van der Waals surface area (Å²) in [5, 5.41) is 0.733. The molecule has 0 saturated carbocycles. The minimum Gasteiger partial charge on any atom is -0.339 e. The molecular weight excluding hydrogens is 456 g/mol. The lowest BCUT2D eigenvalue weighted by molar-refractivity contribution is -0.132. The van der Waals surface area contributed by atoms with Crippen molar-refractivity contribution in [3.05, 3.63) is 101 Å². The second-order valence-electron chi connectivity index (χ2n) is 8.73. The van der Waals surface area contributed by atoms with Crippen LogP contribution in [0.5, 0.6) is 0 Å². The molecule has 5 rings (SSSR count). The van der Waals surface area contributed by atoms with E-state index < -0.39 is 0 Å². The number of piperazine rings is 1. The van der Waals surface area contributed by atoms with Crippen LogP contribution in [0.15, 0.2) is 94.9 Å². The van der Waals surface area contributed by atoms with Gasteiger partial charge in [-0.1, -0.05) is 72.4 Å². The second-order valence-corrected chi connectivity index (χ2v) is 10.0. The van der Waals surface area contributed by atoms with Gasteiger partial charge in [-0.25, -0.2) is 4.98 Å². The van der Waals surface area contributed by atoms with Crippen molar-refractivity contribution in [3.8, 4) is 5.69 Å². The number of rotatable bonds is 6. The molecule has 0 N–H and O–H groups in total. The molecule has 1 saturated heterocycles. The Labute approximate surface area is 209 Å². The van der Waals surface area contributed by atoms with E-state index in [0.29, 0.717) is 29.1 Å². The zero-order valence-corrected chi connectivity index (χ0v) is 20.5. The summed E-state index contributed by atoms with van der Waals surface area (Å²) in [5.74, 6) is 0.0800. The zero-order chi connectivity index (χ0) is 24.2. The van der Waals surface area contributed by atoms with E-state index in [2.05, 4.69) is 29.2 Å². The van der Waals surface area contributed by atoms with E-state index in [1.54, 1.807) is 10.6 Å². The van der Waals surface area contributed by atoms with Crippen molar-refractivity contribution in [2.45, 2.75) is 23.9 Å². The molecule has 4 aromatic rings. The molecule has 0 aliphatic carbocycles. The summed E-state index contributed by atoms with van der Waals surface area (Å²) in [7, 11) is 0. The SMILES string of the molecule is CC(Sc1nc2ccccc2c(=O)n1-c1ccccc1)C(=O)N1CCN(Cc2ccccc2)CC1. The molecule has 6 nitrogen and oxygen atoms in total. The smallest absolute Gasteiger partial charge is 0.266 e. The first-order valence-corrected chi connectivity index (χ1v) is 12.8. The first-order chi connectivity index (χ1) is 17.1. The maximum Gasteiger partial charge on any atom is 0.266 e. The van der Waals surface area contributed by atoms with E-state index in [-0.39, 0.29) is 16.7 Å². The maximum absolute atomic E-state index is 13.4. The van der Waals surface area contributed by atoms with Gasteiger partial charge in [0.25, 0.3) is 5.56 Å². The molecule has 2 heterocycles. The van der Waals surface area contributed by atoms with Crippen LogP contribution in [0.2, 0.25) is 0 Å². The topological polar surface area (TPSA) is 58.4 Å². The highest BCUT2D eigenvalue weighted by Crippen LogP contribution is 2.26. The molecule has 0 radical (unpaired) electrons. The molecule has 1 aromatic heterocycles. The molecule has 3 aromatic carbocycles. The van der Waals surface area contributed by atoms with Crippen molar-refractivity contribution in [3.63, 3.8) is 0 Å². The average Bonchev–Trinajstić information content (AvgIpc) is 2.90. The van der Waals surface area contributed by atoms with Gasteiger partial charge in [-0.2, -0.15) is 0 Å². The predicted octanol–water partition coefficient (Wildman–Crippen LogP) is 4.21. The molecule has 35 heavy (non-hydrogen) atoms. The Morgan fingerprint density at radius 3 is 2.23 bits per heavy atom. The number of thioether (sulfide) groups is 1. The van der Waals surface area contributed by atoms with Gasteiger partial charge < -0.3 is 4.90 Å². The molecule has 1 aliphatic rings. The van der Waals surface area contributed by atoms with Crippen molar-refractivity contribution in [1.82, 2.24) is 19.4 Å². The fraction of sp³-hybridized carbons (Fsp3) is 0.250. The van der Waals surface area contributed by atoms with Gasteiger partial charge in [0.1, 0.15) is 0 Å². The Balaban J connectivity index is 1.33. The fourth-order valence-corrected chi connectivity index (χ4v) is 5.44. The first kappa shape index (κ1) is 23.3. The number of hydrogen-bond donors (Lipinski definition) is 0. The molecule has 1 amide bonds. The van der Waals surface area contributed by atoms with Gasteiger partial charge in [0.15, 0.2) is 5.16 Å². The summed E-state index contributed by atoms with van der Waals surface area (Å²) in [6, 6.07) is 27.3. The summed E-state index contributed by atoms with van der Waals surface area (Å²) in [5.41, 5.74) is 2.55. The van der Waals surface area contributed by atoms with Crippen molar-refractivity contribution in [1.29, 1.82) is 0 Å². The fourth-order valence-electron chi connectivity index (χ4n) is 4.43. The minimum atomic E-state index is -0.362. The molecule has 1 fully saturated rings. The van der Waals surface area contributed by atoms with Gasteiger partial charge in [0, 0.05) is 32.7 Å². The van der Waals surface area contributed by atoms with Crippen molar-refractivity contribution >= 4 is 28.6 Å². The monoisotopic (exact) mass is 484 g/mol.